The number of hydrogen-bond donors (Lipinski definition) is 1. The first kappa shape index (κ1) is 10.3. The van der Waals surface area contributed by atoms with E-state index >= 15 is 0 Å². The normalized spacial score (nSPS) is 12.8. The number of rotatable bonds is 4. The molecule has 1 rings (SSSR count). The fourth-order valence-corrected chi connectivity index (χ4v) is 1.57. The van der Waals surface area contributed by atoms with E-state index in [-0.39, 0.29) is 6.04 Å². The van der Waals surface area contributed by atoms with Gasteiger partial charge in [0.15, 0.2) is 0 Å². The maximum absolute atomic E-state index is 5.75. The number of nitrogens with two attached hydrogens (primary N) is 1. The highest BCUT2D eigenvalue weighted by atomic mass is 14.6. The molecule has 0 fully saturated rings. The molecule has 0 amide bonds. The van der Waals surface area contributed by atoms with Gasteiger partial charge in [-0.25, -0.2) is 0 Å². The third kappa shape index (κ3) is 3.60. The first-order valence-corrected chi connectivity index (χ1v) is 5.05. The van der Waals surface area contributed by atoms with Crippen molar-refractivity contribution in [2.45, 2.75) is 39.2 Å². The Hall–Kier alpha value is -0.820. The molecule has 0 aromatic heterocycles. The second-order valence-electron chi connectivity index (χ2n) is 3.75. The van der Waals surface area contributed by atoms with Crippen molar-refractivity contribution in [3.05, 3.63) is 35.4 Å². The second kappa shape index (κ2) is 5.03. The molecular formula is C12H19N. The average Bonchev–Trinajstić information content (AvgIpc) is 2.04. The average molecular weight is 177 g/mol. The van der Waals surface area contributed by atoms with E-state index in [9.17, 15) is 0 Å². The van der Waals surface area contributed by atoms with Gasteiger partial charge in [0, 0.05) is 6.04 Å². The molecule has 1 atom stereocenters. The van der Waals surface area contributed by atoms with Crippen LogP contribution >= 0.6 is 0 Å². The van der Waals surface area contributed by atoms with Gasteiger partial charge in [-0.1, -0.05) is 37.6 Å². The van der Waals surface area contributed by atoms with Gasteiger partial charge in [0.05, 0.1) is 0 Å². The Kier molecular flexibility index (Phi) is 3.97. The maximum Gasteiger partial charge on any atom is 0.00509 e. The van der Waals surface area contributed by atoms with Crippen molar-refractivity contribution in [1.29, 1.82) is 0 Å². The van der Waals surface area contributed by atoms with E-state index in [1.165, 1.54) is 24.0 Å². The molecule has 0 bridgehead atoms. The summed E-state index contributed by atoms with van der Waals surface area (Å²) in [6, 6.07) is 9.00. The smallest absolute Gasteiger partial charge is 0.00509 e. The van der Waals surface area contributed by atoms with Crippen LogP contribution in [0.15, 0.2) is 24.3 Å². The molecule has 0 aliphatic carbocycles. The van der Waals surface area contributed by atoms with Crippen molar-refractivity contribution in [3.63, 3.8) is 0 Å². The molecule has 1 unspecified atom stereocenters. The first-order chi connectivity index (χ1) is 6.22. The van der Waals surface area contributed by atoms with E-state index in [2.05, 4.69) is 31.2 Å². The largest absolute Gasteiger partial charge is 0.328 e. The molecule has 0 saturated carbocycles. The molecule has 0 saturated heterocycles. The second-order valence-corrected chi connectivity index (χ2v) is 3.75. The van der Waals surface area contributed by atoms with Crippen molar-refractivity contribution in [3.8, 4) is 0 Å². The van der Waals surface area contributed by atoms with E-state index in [4.69, 9.17) is 5.73 Å². The van der Waals surface area contributed by atoms with E-state index < -0.39 is 0 Å². The standard InChI is InChI=1S/C12H19N/c1-3-5-11-6-4-7-12(9-11)8-10(2)13/h4,6-7,9-10H,3,5,8,13H2,1-2H3. The Balaban J connectivity index is 2.67. The van der Waals surface area contributed by atoms with Crippen LogP contribution in [0.1, 0.15) is 31.4 Å². The molecule has 0 radical (unpaired) electrons. The van der Waals surface area contributed by atoms with Crippen LogP contribution in [-0.2, 0) is 12.8 Å². The molecule has 1 aromatic carbocycles. The van der Waals surface area contributed by atoms with Crippen LogP contribution < -0.4 is 5.73 Å². The van der Waals surface area contributed by atoms with Crippen molar-refractivity contribution in [2.75, 3.05) is 0 Å². The van der Waals surface area contributed by atoms with Crippen molar-refractivity contribution >= 4 is 0 Å². The number of benzene rings is 1. The summed E-state index contributed by atoms with van der Waals surface area (Å²) >= 11 is 0. The van der Waals surface area contributed by atoms with E-state index in [1.54, 1.807) is 0 Å². The maximum atomic E-state index is 5.75. The third-order valence-electron chi connectivity index (χ3n) is 2.09. The molecule has 0 aliphatic heterocycles. The van der Waals surface area contributed by atoms with Gasteiger partial charge in [-0.15, -0.1) is 0 Å². The van der Waals surface area contributed by atoms with Gasteiger partial charge in [0.1, 0.15) is 0 Å². The predicted octanol–water partition coefficient (Wildman–Crippen LogP) is 2.53. The molecule has 13 heavy (non-hydrogen) atoms. The molecule has 1 heteroatoms. The monoisotopic (exact) mass is 177 g/mol. The van der Waals surface area contributed by atoms with Crippen molar-refractivity contribution in [2.24, 2.45) is 5.73 Å². The Bertz CT molecular complexity index is 253. The summed E-state index contributed by atoms with van der Waals surface area (Å²) in [7, 11) is 0. The first-order valence-electron chi connectivity index (χ1n) is 5.05. The van der Waals surface area contributed by atoms with E-state index in [1.807, 2.05) is 6.92 Å². The molecule has 0 heterocycles. The van der Waals surface area contributed by atoms with Gasteiger partial charge < -0.3 is 5.73 Å². The molecule has 0 aliphatic rings. The van der Waals surface area contributed by atoms with Crippen LogP contribution in [0.5, 0.6) is 0 Å². The summed E-state index contributed by atoms with van der Waals surface area (Å²) in [6.07, 6.45) is 3.37. The van der Waals surface area contributed by atoms with E-state index in [0.717, 1.165) is 6.42 Å². The summed E-state index contributed by atoms with van der Waals surface area (Å²) in [6.45, 7) is 4.25. The lowest BCUT2D eigenvalue weighted by Crippen LogP contribution is -2.17. The molecule has 0 spiro atoms. The molecule has 72 valence electrons. The predicted molar refractivity (Wildman–Crippen MR) is 57.8 cm³/mol. The zero-order chi connectivity index (χ0) is 9.68. The minimum absolute atomic E-state index is 0.261. The molecular weight excluding hydrogens is 158 g/mol. The number of hydrogen-bond acceptors (Lipinski definition) is 1. The van der Waals surface area contributed by atoms with Crippen LogP contribution in [0.2, 0.25) is 0 Å². The van der Waals surface area contributed by atoms with Crippen LogP contribution in [0.25, 0.3) is 0 Å². The zero-order valence-corrected chi connectivity index (χ0v) is 8.59. The lowest BCUT2D eigenvalue weighted by atomic mass is 10.0. The van der Waals surface area contributed by atoms with Gasteiger partial charge in [0.2, 0.25) is 0 Å². The van der Waals surface area contributed by atoms with Gasteiger partial charge in [-0.3, -0.25) is 0 Å². The summed E-state index contributed by atoms with van der Waals surface area (Å²) in [5.41, 5.74) is 8.54. The topological polar surface area (TPSA) is 26.0 Å². The lowest BCUT2D eigenvalue weighted by Gasteiger charge is -2.06. The SMILES string of the molecule is CCCc1cccc(CC(C)N)c1. The molecule has 1 aromatic rings. The van der Waals surface area contributed by atoms with Crippen molar-refractivity contribution in [1.82, 2.24) is 0 Å². The minimum atomic E-state index is 0.261. The van der Waals surface area contributed by atoms with Crippen LogP contribution in [-0.4, -0.2) is 6.04 Å². The van der Waals surface area contributed by atoms with Crippen molar-refractivity contribution < 1.29 is 0 Å². The van der Waals surface area contributed by atoms with Gasteiger partial charge in [-0.05, 0) is 30.9 Å². The zero-order valence-electron chi connectivity index (χ0n) is 8.59. The highest BCUT2D eigenvalue weighted by molar-refractivity contribution is 5.24. The number of aryl methyl sites for hydroxylation is 1. The van der Waals surface area contributed by atoms with E-state index in [0.29, 0.717) is 0 Å². The fourth-order valence-electron chi connectivity index (χ4n) is 1.57. The minimum Gasteiger partial charge on any atom is -0.328 e. The van der Waals surface area contributed by atoms with Crippen LogP contribution in [0, 0.1) is 0 Å². The fraction of sp³-hybridized carbons (Fsp3) is 0.500. The summed E-state index contributed by atoms with van der Waals surface area (Å²) in [5.74, 6) is 0. The summed E-state index contributed by atoms with van der Waals surface area (Å²) in [5, 5.41) is 0. The lowest BCUT2D eigenvalue weighted by molar-refractivity contribution is 0.736. The molecule has 2 N–H and O–H groups in total. The highest BCUT2D eigenvalue weighted by Crippen LogP contribution is 2.08. The summed E-state index contributed by atoms with van der Waals surface area (Å²) < 4.78 is 0. The quantitative estimate of drug-likeness (QED) is 0.751. The Morgan fingerprint density at radius 3 is 2.62 bits per heavy atom. The van der Waals surface area contributed by atoms with Gasteiger partial charge in [-0.2, -0.15) is 0 Å². The summed E-state index contributed by atoms with van der Waals surface area (Å²) in [4.78, 5) is 0. The van der Waals surface area contributed by atoms with Gasteiger partial charge >= 0.3 is 0 Å². The Morgan fingerprint density at radius 2 is 2.00 bits per heavy atom. The highest BCUT2D eigenvalue weighted by Gasteiger charge is 1.98. The van der Waals surface area contributed by atoms with Crippen LogP contribution in [0.3, 0.4) is 0 Å². The Labute approximate surface area is 81.0 Å². The Morgan fingerprint density at radius 1 is 1.31 bits per heavy atom. The van der Waals surface area contributed by atoms with Gasteiger partial charge in [0.25, 0.3) is 0 Å². The van der Waals surface area contributed by atoms with Crippen LogP contribution in [0.4, 0.5) is 0 Å². The third-order valence-corrected chi connectivity index (χ3v) is 2.09. The molecule has 1 nitrogen and oxygen atoms in total.